The molecule has 0 bridgehead atoms. The van der Waals surface area contributed by atoms with Crippen molar-refractivity contribution < 1.29 is 4.42 Å². The zero-order valence-electron chi connectivity index (χ0n) is 29.8. The molecule has 3 nitrogen and oxygen atoms in total. The quantitative estimate of drug-likeness (QED) is 0.179. The number of para-hydroxylation sites is 2. The molecule has 0 fully saturated rings. The maximum Gasteiger partial charge on any atom is 0.137 e. The van der Waals surface area contributed by atoms with Crippen LogP contribution in [-0.4, -0.2) is 9.13 Å². The van der Waals surface area contributed by atoms with E-state index in [9.17, 15) is 0 Å². The predicted molar refractivity (Wildman–Crippen MR) is 231 cm³/mol. The number of aromatic nitrogens is 2. The molecule has 9 aromatic carbocycles. The molecule has 12 rings (SSSR count). The molecule has 0 unspecified atom stereocenters. The van der Waals surface area contributed by atoms with Gasteiger partial charge in [-0.15, -0.1) is 0 Å². The number of hydrogen-bond acceptors (Lipinski definition) is 1. The Morgan fingerprint density at radius 3 is 1.85 bits per heavy atom. The number of rotatable bonds is 4. The molecule has 55 heavy (non-hydrogen) atoms. The molecule has 12 aromatic rings. The lowest BCUT2D eigenvalue weighted by Gasteiger charge is -2.11. The highest BCUT2D eigenvalue weighted by atomic mass is 16.3. The van der Waals surface area contributed by atoms with Crippen LogP contribution in [0.1, 0.15) is 0 Å². The first-order valence-electron chi connectivity index (χ1n) is 18.9. The molecule has 256 valence electrons. The third kappa shape index (κ3) is 4.38. The molecule has 0 atom stereocenters. The second-order valence-corrected chi connectivity index (χ2v) is 14.5. The molecular formula is C52H32N2O. The first-order chi connectivity index (χ1) is 27.3. The van der Waals surface area contributed by atoms with Gasteiger partial charge < -0.3 is 13.6 Å². The Kier molecular flexibility index (Phi) is 6.34. The third-order valence-electron chi connectivity index (χ3n) is 11.5. The molecule has 0 aliphatic rings. The molecule has 0 aliphatic carbocycles. The Labute approximate surface area is 316 Å². The summed E-state index contributed by atoms with van der Waals surface area (Å²) < 4.78 is 11.3. The average molecular weight is 701 g/mol. The van der Waals surface area contributed by atoms with Gasteiger partial charge in [-0.1, -0.05) is 133 Å². The van der Waals surface area contributed by atoms with Crippen LogP contribution in [0.25, 0.3) is 110 Å². The standard InChI is InChI=1S/C52H32N2O/c1-3-13-33(14-4-1)38-20-11-21-46-50(38)43-32-36(27-30-45(43)54(46)47-22-12-24-49-51(47)41-19-9-10-23-48(41)55-49)35-26-29-44-42(31-35)40-28-25-34-15-7-8-18-39(34)52(40)53(44)37-16-5-2-6-17-37/h1-32H. The highest BCUT2D eigenvalue weighted by Gasteiger charge is 2.21. The fraction of sp³-hybridized carbons (Fsp3) is 0. The topological polar surface area (TPSA) is 23.0 Å². The number of furan rings is 1. The minimum absolute atomic E-state index is 0.889. The average Bonchev–Trinajstić information content (AvgIpc) is 3.92. The van der Waals surface area contributed by atoms with E-state index in [2.05, 4.69) is 197 Å². The van der Waals surface area contributed by atoms with Crippen LogP contribution in [0.4, 0.5) is 0 Å². The van der Waals surface area contributed by atoms with Crippen molar-refractivity contribution in [1.29, 1.82) is 0 Å². The molecule has 3 heterocycles. The van der Waals surface area contributed by atoms with Gasteiger partial charge in [0, 0.05) is 38.0 Å². The van der Waals surface area contributed by atoms with E-state index in [0.29, 0.717) is 0 Å². The maximum atomic E-state index is 6.39. The van der Waals surface area contributed by atoms with E-state index < -0.39 is 0 Å². The number of nitrogens with zero attached hydrogens (tertiary/aromatic N) is 2. The van der Waals surface area contributed by atoms with E-state index in [1.54, 1.807) is 0 Å². The van der Waals surface area contributed by atoms with Crippen molar-refractivity contribution in [2.45, 2.75) is 0 Å². The van der Waals surface area contributed by atoms with E-state index in [1.807, 2.05) is 6.07 Å². The van der Waals surface area contributed by atoms with Crippen molar-refractivity contribution in [3.05, 3.63) is 194 Å². The van der Waals surface area contributed by atoms with Gasteiger partial charge in [-0.2, -0.15) is 0 Å². The second kappa shape index (κ2) is 11.6. The first-order valence-corrected chi connectivity index (χ1v) is 18.9. The molecule has 0 radical (unpaired) electrons. The SMILES string of the molecule is c1ccc(-c2cccc3c2c2cc(-c4ccc5c(c4)c4ccc6ccccc6c4n5-c4ccccc4)ccc2n3-c2cccc3oc4ccccc4c23)cc1. The summed E-state index contributed by atoms with van der Waals surface area (Å²) in [5, 5.41) is 9.69. The normalized spacial score (nSPS) is 12.0. The van der Waals surface area contributed by atoms with Gasteiger partial charge in [-0.3, -0.25) is 0 Å². The fourth-order valence-electron chi connectivity index (χ4n) is 9.12. The van der Waals surface area contributed by atoms with Crippen molar-refractivity contribution in [1.82, 2.24) is 9.13 Å². The zero-order chi connectivity index (χ0) is 36.0. The molecule has 3 aromatic heterocycles. The molecule has 0 saturated heterocycles. The van der Waals surface area contributed by atoms with Gasteiger partial charge in [-0.25, -0.2) is 0 Å². The molecule has 0 saturated carbocycles. The summed E-state index contributed by atoms with van der Waals surface area (Å²) in [6, 6.07) is 70.3. The molecule has 0 N–H and O–H groups in total. The Balaban J connectivity index is 1.15. The molecule has 0 spiro atoms. The van der Waals surface area contributed by atoms with Crippen molar-refractivity contribution in [3.8, 4) is 33.6 Å². The van der Waals surface area contributed by atoms with E-state index in [1.165, 1.54) is 71.1 Å². The minimum Gasteiger partial charge on any atom is -0.456 e. The summed E-state index contributed by atoms with van der Waals surface area (Å²) in [4.78, 5) is 0. The van der Waals surface area contributed by atoms with Crippen LogP contribution in [0.15, 0.2) is 199 Å². The van der Waals surface area contributed by atoms with Crippen molar-refractivity contribution in [3.63, 3.8) is 0 Å². The van der Waals surface area contributed by atoms with Gasteiger partial charge >= 0.3 is 0 Å². The van der Waals surface area contributed by atoms with Gasteiger partial charge in [0.05, 0.1) is 33.1 Å². The Morgan fingerprint density at radius 1 is 0.345 bits per heavy atom. The number of fused-ring (bicyclic) bond motifs is 11. The van der Waals surface area contributed by atoms with Crippen LogP contribution in [0.5, 0.6) is 0 Å². The lowest BCUT2D eigenvalue weighted by molar-refractivity contribution is 0.669. The molecule has 0 amide bonds. The summed E-state index contributed by atoms with van der Waals surface area (Å²) >= 11 is 0. The van der Waals surface area contributed by atoms with Crippen molar-refractivity contribution in [2.75, 3.05) is 0 Å². The van der Waals surface area contributed by atoms with Crippen molar-refractivity contribution in [2.24, 2.45) is 0 Å². The van der Waals surface area contributed by atoms with E-state index in [4.69, 9.17) is 4.42 Å². The second-order valence-electron chi connectivity index (χ2n) is 14.5. The van der Waals surface area contributed by atoms with Crippen LogP contribution < -0.4 is 0 Å². The summed E-state index contributed by atoms with van der Waals surface area (Å²) in [6.07, 6.45) is 0. The van der Waals surface area contributed by atoms with Gasteiger partial charge in [0.15, 0.2) is 0 Å². The van der Waals surface area contributed by atoms with Crippen LogP contribution in [0, 0.1) is 0 Å². The highest BCUT2D eigenvalue weighted by molar-refractivity contribution is 6.21. The Hall–Kier alpha value is -7.36. The summed E-state index contributed by atoms with van der Waals surface area (Å²) in [7, 11) is 0. The largest absolute Gasteiger partial charge is 0.456 e. The smallest absolute Gasteiger partial charge is 0.137 e. The van der Waals surface area contributed by atoms with Gasteiger partial charge in [0.25, 0.3) is 0 Å². The zero-order valence-corrected chi connectivity index (χ0v) is 29.8. The van der Waals surface area contributed by atoms with E-state index in [0.717, 1.165) is 38.8 Å². The van der Waals surface area contributed by atoms with Crippen molar-refractivity contribution >= 4 is 76.3 Å². The molecule has 0 aliphatic heterocycles. The minimum atomic E-state index is 0.889. The van der Waals surface area contributed by atoms with E-state index in [-0.39, 0.29) is 0 Å². The van der Waals surface area contributed by atoms with Crippen LogP contribution in [0.2, 0.25) is 0 Å². The lowest BCUT2D eigenvalue weighted by atomic mass is 9.97. The number of hydrogen-bond donors (Lipinski definition) is 0. The summed E-state index contributed by atoms with van der Waals surface area (Å²) in [6.45, 7) is 0. The Morgan fingerprint density at radius 2 is 1.02 bits per heavy atom. The molecule has 3 heteroatoms. The van der Waals surface area contributed by atoms with Crippen LogP contribution in [-0.2, 0) is 0 Å². The predicted octanol–water partition coefficient (Wildman–Crippen LogP) is 14.3. The lowest BCUT2D eigenvalue weighted by Crippen LogP contribution is -1.95. The van der Waals surface area contributed by atoms with Crippen LogP contribution >= 0.6 is 0 Å². The fourth-order valence-corrected chi connectivity index (χ4v) is 9.12. The summed E-state index contributed by atoms with van der Waals surface area (Å²) in [5.74, 6) is 0. The highest BCUT2D eigenvalue weighted by Crippen LogP contribution is 2.44. The number of benzene rings is 9. The van der Waals surface area contributed by atoms with Gasteiger partial charge in [0.1, 0.15) is 11.2 Å². The summed E-state index contributed by atoms with van der Waals surface area (Å²) in [5.41, 5.74) is 13.6. The maximum absolute atomic E-state index is 6.39. The first kappa shape index (κ1) is 30.1. The third-order valence-corrected chi connectivity index (χ3v) is 11.5. The Bertz CT molecular complexity index is 3470. The molecular weight excluding hydrogens is 669 g/mol. The van der Waals surface area contributed by atoms with Gasteiger partial charge in [-0.05, 0) is 88.3 Å². The van der Waals surface area contributed by atoms with E-state index >= 15 is 0 Å². The van der Waals surface area contributed by atoms with Crippen LogP contribution in [0.3, 0.4) is 0 Å². The van der Waals surface area contributed by atoms with Gasteiger partial charge in [0.2, 0.25) is 0 Å². The monoisotopic (exact) mass is 700 g/mol.